The van der Waals surface area contributed by atoms with E-state index >= 15 is 0 Å². The molecule has 4 amide bonds. The summed E-state index contributed by atoms with van der Waals surface area (Å²) in [4.78, 5) is 65.0. The third-order valence-electron chi connectivity index (χ3n) is 5.94. The first-order chi connectivity index (χ1) is 18.7. The van der Waals surface area contributed by atoms with Crippen LogP contribution in [0.15, 0.2) is 18.2 Å². The molecule has 0 aliphatic rings. The highest BCUT2D eigenvalue weighted by molar-refractivity contribution is 5.95. The number of carbonyl (C=O) groups excluding carboxylic acids is 5. The molecule has 1 aromatic carbocycles. The molecule has 0 radical (unpaired) electrons. The summed E-state index contributed by atoms with van der Waals surface area (Å²) in [5.41, 5.74) is 5.09. The maximum absolute atomic E-state index is 14.0. The molecule has 1 aromatic rings. The van der Waals surface area contributed by atoms with Gasteiger partial charge in [-0.3, -0.25) is 19.2 Å². The van der Waals surface area contributed by atoms with Gasteiger partial charge in [-0.25, -0.2) is 4.79 Å². The predicted octanol–water partition coefficient (Wildman–Crippen LogP) is 2.60. The van der Waals surface area contributed by atoms with Gasteiger partial charge in [-0.15, -0.1) is 0 Å². The van der Waals surface area contributed by atoms with Gasteiger partial charge in [0.25, 0.3) is 0 Å². The number of methoxy groups -OCH3 is 1. The third-order valence-corrected chi connectivity index (χ3v) is 5.94. The Morgan fingerprint density at radius 2 is 1.73 bits per heavy atom. The molecule has 224 valence electrons. The Kier molecular flexibility index (Phi) is 13.9. The zero-order valence-electron chi connectivity index (χ0n) is 24.4. The highest BCUT2D eigenvalue weighted by Gasteiger charge is 2.38. The van der Waals surface area contributed by atoms with Gasteiger partial charge in [-0.05, 0) is 39.7 Å². The van der Waals surface area contributed by atoms with Crippen LogP contribution in [0, 0.1) is 6.92 Å². The molecule has 2 unspecified atom stereocenters. The molecule has 0 spiro atoms. The Bertz CT molecular complexity index is 1040. The van der Waals surface area contributed by atoms with Crippen molar-refractivity contribution in [3.8, 4) is 5.75 Å². The zero-order chi connectivity index (χ0) is 30.5. The molecule has 12 nitrogen and oxygen atoms in total. The molecule has 0 saturated heterocycles. The second-order valence-electron chi connectivity index (χ2n) is 10.5. The van der Waals surface area contributed by atoms with E-state index in [1.54, 1.807) is 39.8 Å². The number of nitrogens with one attached hydrogen (secondary N) is 2. The van der Waals surface area contributed by atoms with Crippen molar-refractivity contribution in [2.75, 3.05) is 20.2 Å². The van der Waals surface area contributed by atoms with E-state index in [0.717, 1.165) is 25.7 Å². The molecule has 0 fully saturated rings. The zero-order valence-corrected chi connectivity index (χ0v) is 24.4. The number of phenolic OH excluding ortho intramolecular Hbond substituents is 1. The second kappa shape index (κ2) is 16.3. The van der Waals surface area contributed by atoms with E-state index in [1.165, 1.54) is 18.1 Å². The van der Waals surface area contributed by atoms with Crippen LogP contribution in [0.2, 0.25) is 0 Å². The van der Waals surface area contributed by atoms with Crippen LogP contribution in [0.5, 0.6) is 5.75 Å². The molecule has 0 aromatic heterocycles. The molecule has 12 heteroatoms. The molecule has 0 aliphatic carbocycles. The molecule has 2 atom stereocenters. The van der Waals surface area contributed by atoms with Crippen molar-refractivity contribution in [3.05, 3.63) is 29.3 Å². The first kappa shape index (κ1) is 34.2. The summed E-state index contributed by atoms with van der Waals surface area (Å²) in [5.74, 6) is -3.32. The number of aryl methyl sites for hydroxylation is 1. The smallest absolute Gasteiger partial charge is 0.408 e. The lowest BCUT2D eigenvalue weighted by Crippen LogP contribution is -2.54. The van der Waals surface area contributed by atoms with Crippen LogP contribution in [0.3, 0.4) is 0 Å². The van der Waals surface area contributed by atoms with Gasteiger partial charge in [-0.2, -0.15) is 0 Å². The van der Waals surface area contributed by atoms with Crippen molar-refractivity contribution in [2.24, 2.45) is 5.73 Å². The van der Waals surface area contributed by atoms with Crippen LogP contribution in [-0.4, -0.2) is 71.6 Å². The van der Waals surface area contributed by atoms with Crippen LogP contribution in [0.4, 0.5) is 4.79 Å². The Morgan fingerprint density at radius 3 is 2.30 bits per heavy atom. The van der Waals surface area contributed by atoms with Gasteiger partial charge in [-0.1, -0.05) is 50.8 Å². The maximum atomic E-state index is 14.0. The van der Waals surface area contributed by atoms with E-state index in [-0.39, 0.29) is 17.9 Å². The molecule has 0 bridgehead atoms. The number of phenols is 1. The third kappa shape index (κ3) is 11.5. The van der Waals surface area contributed by atoms with Gasteiger partial charge in [0, 0.05) is 12.1 Å². The lowest BCUT2D eigenvalue weighted by atomic mass is 9.98. The molecule has 0 saturated carbocycles. The molecule has 0 aliphatic heterocycles. The first-order valence-corrected chi connectivity index (χ1v) is 13.4. The van der Waals surface area contributed by atoms with E-state index in [0.29, 0.717) is 12.0 Å². The minimum absolute atomic E-state index is 0.0531. The summed E-state index contributed by atoms with van der Waals surface area (Å²) < 4.78 is 9.87. The fourth-order valence-electron chi connectivity index (χ4n) is 3.98. The van der Waals surface area contributed by atoms with Crippen LogP contribution >= 0.6 is 0 Å². The summed E-state index contributed by atoms with van der Waals surface area (Å²) in [5, 5.41) is 15.8. The molecule has 0 heterocycles. The van der Waals surface area contributed by atoms with Gasteiger partial charge in [0.15, 0.2) is 0 Å². The predicted molar refractivity (Wildman–Crippen MR) is 148 cm³/mol. The number of ether oxygens (including phenoxy) is 2. The number of esters is 1. The van der Waals surface area contributed by atoms with Crippen LogP contribution in [0.25, 0.3) is 0 Å². The monoisotopic (exact) mass is 564 g/mol. The quantitative estimate of drug-likeness (QED) is 0.185. The highest BCUT2D eigenvalue weighted by atomic mass is 16.6. The summed E-state index contributed by atoms with van der Waals surface area (Å²) in [6.07, 6.45) is 2.62. The first-order valence-electron chi connectivity index (χ1n) is 13.4. The van der Waals surface area contributed by atoms with Gasteiger partial charge in [0.1, 0.15) is 30.0 Å². The van der Waals surface area contributed by atoms with Crippen molar-refractivity contribution < 1.29 is 38.6 Å². The minimum Gasteiger partial charge on any atom is -0.507 e. The lowest BCUT2D eigenvalue weighted by molar-refractivity contribution is -0.145. The second-order valence-corrected chi connectivity index (χ2v) is 10.5. The van der Waals surface area contributed by atoms with E-state index in [9.17, 15) is 29.1 Å². The summed E-state index contributed by atoms with van der Waals surface area (Å²) in [6, 6.07) is 1.89. The highest BCUT2D eigenvalue weighted by Crippen LogP contribution is 2.32. The van der Waals surface area contributed by atoms with Crippen LogP contribution in [0.1, 0.15) is 83.4 Å². The molecular weight excluding hydrogens is 520 g/mol. The van der Waals surface area contributed by atoms with E-state index in [2.05, 4.69) is 22.3 Å². The normalized spacial score (nSPS) is 12.6. The number of nitrogens with two attached hydrogens (primary N) is 1. The molecule has 1 rings (SSSR count). The molecule has 5 N–H and O–H groups in total. The van der Waals surface area contributed by atoms with Gasteiger partial charge < -0.3 is 35.8 Å². The van der Waals surface area contributed by atoms with Crippen LogP contribution < -0.4 is 16.4 Å². The molecule has 40 heavy (non-hydrogen) atoms. The van der Waals surface area contributed by atoms with Crippen molar-refractivity contribution in [3.63, 3.8) is 0 Å². The van der Waals surface area contributed by atoms with E-state index in [1.807, 2.05) is 0 Å². The van der Waals surface area contributed by atoms with Crippen LogP contribution in [-0.2, 0) is 28.7 Å². The largest absolute Gasteiger partial charge is 0.507 e. The lowest BCUT2D eigenvalue weighted by Gasteiger charge is -2.34. The van der Waals surface area contributed by atoms with Gasteiger partial charge in [0.05, 0.1) is 13.5 Å². The summed E-state index contributed by atoms with van der Waals surface area (Å²) >= 11 is 0. The fourth-order valence-corrected chi connectivity index (χ4v) is 3.98. The Morgan fingerprint density at radius 1 is 1.07 bits per heavy atom. The van der Waals surface area contributed by atoms with E-state index in [4.69, 9.17) is 10.5 Å². The fraction of sp³-hybridized carbons (Fsp3) is 0.607. The minimum atomic E-state index is -1.45. The SMILES string of the molecule is CCCCCCCN(C(=O)C(CC(N)=O)NC(=O)OC(C)(C)C)C(C(=O)NCC(=O)OC)c1cccc(C)c1O. The number of para-hydroxylation sites is 1. The maximum Gasteiger partial charge on any atom is 0.408 e. The number of amides is 4. The number of hydrogen-bond donors (Lipinski definition) is 4. The van der Waals surface area contributed by atoms with Crippen molar-refractivity contribution >= 4 is 29.8 Å². The average molecular weight is 565 g/mol. The van der Waals surface area contributed by atoms with Crippen molar-refractivity contribution in [1.82, 2.24) is 15.5 Å². The van der Waals surface area contributed by atoms with Crippen molar-refractivity contribution in [1.29, 1.82) is 0 Å². The summed E-state index contributed by atoms with van der Waals surface area (Å²) in [7, 11) is 1.17. The number of carbonyl (C=O) groups is 5. The number of alkyl carbamates (subject to hydrolysis) is 1. The topological polar surface area (TPSA) is 177 Å². The van der Waals surface area contributed by atoms with E-state index < -0.39 is 60.4 Å². The Balaban J connectivity index is 3.57. The Labute approximate surface area is 235 Å². The number of primary amides is 1. The number of benzene rings is 1. The number of nitrogens with zero attached hydrogens (tertiary/aromatic N) is 1. The molecular formula is C28H44N4O8. The standard InChI is InChI=1S/C28H44N4O8/c1-7-8-9-10-11-15-32(26(37)20(16-21(29)33)31-27(38)40-28(3,4)5)23(25(36)30-17-22(34)39-6)19-14-12-13-18(2)24(19)35/h12-14,20,23,35H,7-11,15-17H2,1-6H3,(H2,29,33)(H,30,36)(H,31,38). The number of unbranched alkanes of at least 4 members (excludes halogenated alkanes) is 4. The summed E-state index contributed by atoms with van der Waals surface area (Å²) in [6.45, 7) is 8.20. The average Bonchev–Trinajstić information content (AvgIpc) is 2.86. The number of hydrogen-bond acceptors (Lipinski definition) is 8. The number of aromatic hydroxyl groups is 1. The van der Waals surface area contributed by atoms with Gasteiger partial charge >= 0.3 is 12.1 Å². The van der Waals surface area contributed by atoms with Gasteiger partial charge in [0.2, 0.25) is 17.7 Å². The number of rotatable bonds is 15. The Hall–Kier alpha value is -3.83. The van der Waals surface area contributed by atoms with Crippen molar-refractivity contribution in [2.45, 2.75) is 90.8 Å².